The number of carbonyl (C=O) groups is 1. The van der Waals surface area contributed by atoms with Crippen LogP contribution in [0.25, 0.3) is 22.2 Å². The minimum Gasteiger partial charge on any atom is -0.277 e. The lowest BCUT2D eigenvalue weighted by Crippen LogP contribution is -1.93. The summed E-state index contributed by atoms with van der Waals surface area (Å²) in [5, 5.41) is 8.16. The van der Waals surface area contributed by atoms with Crippen LogP contribution in [-0.2, 0) is 0 Å². The van der Waals surface area contributed by atoms with Gasteiger partial charge in [0.05, 0.1) is 5.52 Å². The van der Waals surface area contributed by atoms with Gasteiger partial charge in [0.15, 0.2) is 0 Å². The molecule has 0 bridgehead atoms. The van der Waals surface area contributed by atoms with Gasteiger partial charge in [-0.1, -0.05) is 0 Å². The molecule has 3 aromatic rings. The third-order valence-electron chi connectivity index (χ3n) is 3.12. The fourth-order valence-corrected chi connectivity index (χ4v) is 2.15. The van der Waals surface area contributed by atoms with Gasteiger partial charge in [-0.05, 0) is 44.0 Å². The van der Waals surface area contributed by atoms with Gasteiger partial charge in [-0.25, -0.2) is 4.99 Å². The van der Waals surface area contributed by atoms with Crippen molar-refractivity contribution in [3.05, 3.63) is 47.8 Å². The monoisotopic (exact) mass is 264 g/mol. The van der Waals surface area contributed by atoms with Gasteiger partial charge in [-0.3, -0.25) is 14.9 Å². The van der Waals surface area contributed by atoms with Crippen molar-refractivity contribution in [2.75, 3.05) is 0 Å². The molecule has 2 heterocycles. The summed E-state index contributed by atoms with van der Waals surface area (Å²) in [6.45, 7) is 5.19. The molecule has 0 saturated heterocycles. The lowest BCUT2D eigenvalue weighted by Gasteiger charge is -2.00. The van der Waals surface area contributed by atoms with Crippen LogP contribution in [0.5, 0.6) is 0 Å². The van der Waals surface area contributed by atoms with Crippen molar-refractivity contribution in [1.29, 1.82) is 0 Å². The molecule has 0 aliphatic rings. The number of fused-ring (bicyclic) bond motifs is 1. The highest BCUT2D eigenvalue weighted by Crippen LogP contribution is 2.27. The molecule has 3 rings (SSSR count). The van der Waals surface area contributed by atoms with Crippen molar-refractivity contribution in [2.24, 2.45) is 4.99 Å². The number of aromatic nitrogens is 3. The van der Waals surface area contributed by atoms with E-state index < -0.39 is 0 Å². The third-order valence-corrected chi connectivity index (χ3v) is 3.12. The predicted molar refractivity (Wildman–Crippen MR) is 77.9 cm³/mol. The van der Waals surface area contributed by atoms with E-state index in [2.05, 4.69) is 26.9 Å². The molecular formula is C15H12N4O. The van der Waals surface area contributed by atoms with Gasteiger partial charge in [0, 0.05) is 28.4 Å². The highest BCUT2D eigenvalue weighted by Gasteiger charge is 2.11. The van der Waals surface area contributed by atoms with E-state index in [9.17, 15) is 4.79 Å². The number of nitrogens with one attached hydrogen (secondary N) is 1. The number of rotatable bonds is 2. The zero-order valence-electron chi connectivity index (χ0n) is 10.9. The van der Waals surface area contributed by atoms with Crippen molar-refractivity contribution in [3.8, 4) is 11.3 Å². The zero-order valence-corrected chi connectivity index (χ0v) is 10.9. The average Bonchev–Trinajstić information content (AvgIpc) is 2.89. The summed E-state index contributed by atoms with van der Waals surface area (Å²) in [7, 11) is 0. The Labute approximate surface area is 115 Å². The van der Waals surface area contributed by atoms with E-state index in [1.165, 1.54) is 0 Å². The molecule has 1 N–H and O–H groups in total. The van der Waals surface area contributed by atoms with Crippen LogP contribution >= 0.6 is 0 Å². The van der Waals surface area contributed by atoms with E-state index in [1.807, 2.05) is 25.1 Å². The first kappa shape index (κ1) is 12.2. The Kier molecular flexibility index (Phi) is 2.87. The Morgan fingerprint density at radius 3 is 2.90 bits per heavy atom. The lowest BCUT2D eigenvalue weighted by atomic mass is 10.1. The molecular weight excluding hydrogens is 252 g/mol. The molecule has 0 saturated carbocycles. The number of benzene rings is 1. The first-order valence-corrected chi connectivity index (χ1v) is 6.11. The zero-order chi connectivity index (χ0) is 14.1. The van der Waals surface area contributed by atoms with Gasteiger partial charge < -0.3 is 0 Å². The number of aliphatic imine (C=N–C) groups is 1. The normalized spacial score (nSPS) is 10.7. The largest absolute Gasteiger partial charge is 0.277 e. The van der Waals surface area contributed by atoms with Crippen LogP contribution < -0.4 is 0 Å². The summed E-state index contributed by atoms with van der Waals surface area (Å²) in [4.78, 5) is 19.2. The van der Waals surface area contributed by atoms with Gasteiger partial charge in [0.25, 0.3) is 5.91 Å². The number of amides is 1. The first-order chi connectivity index (χ1) is 9.69. The van der Waals surface area contributed by atoms with E-state index in [1.54, 1.807) is 18.3 Å². The Morgan fingerprint density at radius 2 is 2.15 bits per heavy atom. The smallest absolute Gasteiger partial charge is 0.276 e. The minimum atomic E-state index is -0.343. The molecule has 0 radical (unpaired) electrons. The summed E-state index contributed by atoms with van der Waals surface area (Å²) in [5.41, 5.74) is 4.04. The lowest BCUT2D eigenvalue weighted by molar-refractivity contribution is 0.100. The number of carbonyl (C=O) groups excluding carboxylic acids is 1. The standard InChI is InChI=1S/C15H12N4O/c1-9-7-10(5-6-17-9)14-12-8-11(15(20)16-2)3-4-13(12)18-19-14/h3-8H,2H2,1H3,(H,18,19). The Balaban J connectivity index is 2.21. The van der Waals surface area contributed by atoms with Gasteiger partial charge in [-0.15, -0.1) is 0 Å². The highest BCUT2D eigenvalue weighted by molar-refractivity contribution is 6.02. The van der Waals surface area contributed by atoms with Gasteiger partial charge >= 0.3 is 0 Å². The van der Waals surface area contributed by atoms with Crippen LogP contribution in [0.3, 0.4) is 0 Å². The molecule has 98 valence electrons. The molecule has 0 aliphatic carbocycles. The van der Waals surface area contributed by atoms with Crippen molar-refractivity contribution in [2.45, 2.75) is 6.92 Å². The molecule has 20 heavy (non-hydrogen) atoms. The van der Waals surface area contributed by atoms with Crippen LogP contribution in [0.1, 0.15) is 16.1 Å². The molecule has 0 aliphatic heterocycles. The number of H-pyrrole nitrogens is 1. The topological polar surface area (TPSA) is 71.0 Å². The fourth-order valence-electron chi connectivity index (χ4n) is 2.15. The average molecular weight is 264 g/mol. The maximum atomic E-state index is 11.6. The van der Waals surface area contributed by atoms with Crippen molar-refractivity contribution >= 4 is 23.5 Å². The number of hydrogen-bond donors (Lipinski definition) is 1. The summed E-state index contributed by atoms with van der Waals surface area (Å²) in [6.07, 6.45) is 1.74. The summed E-state index contributed by atoms with van der Waals surface area (Å²) < 4.78 is 0. The summed E-state index contributed by atoms with van der Waals surface area (Å²) >= 11 is 0. The predicted octanol–water partition coefficient (Wildman–Crippen LogP) is 2.77. The Bertz CT molecular complexity index is 820. The second-order valence-electron chi connectivity index (χ2n) is 4.48. The van der Waals surface area contributed by atoms with Crippen molar-refractivity contribution in [3.63, 3.8) is 0 Å². The molecule has 1 amide bonds. The van der Waals surface area contributed by atoms with E-state index in [0.717, 1.165) is 27.9 Å². The van der Waals surface area contributed by atoms with Gasteiger partial charge in [0.1, 0.15) is 5.69 Å². The van der Waals surface area contributed by atoms with Gasteiger partial charge in [-0.2, -0.15) is 5.10 Å². The number of pyridine rings is 1. The minimum absolute atomic E-state index is 0.343. The summed E-state index contributed by atoms with van der Waals surface area (Å²) in [6, 6.07) is 9.15. The quantitative estimate of drug-likeness (QED) is 0.723. The van der Waals surface area contributed by atoms with E-state index in [0.29, 0.717) is 5.56 Å². The van der Waals surface area contributed by atoms with E-state index in [4.69, 9.17) is 0 Å². The molecule has 1 aromatic carbocycles. The molecule has 0 atom stereocenters. The molecule has 2 aromatic heterocycles. The fraction of sp³-hybridized carbons (Fsp3) is 0.0667. The highest BCUT2D eigenvalue weighted by atomic mass is 16.1. The molecule has 5 heteroatoms. The van der Waals surface area contributed by atoms with Crippen molar-refractivity contribution in [1.82, 2.24) is 15.2 Å². The van der Waals surface area contributed by atoms with Gasteiger partial charge in [0.2, 0.25) is 0 Å². The van der Waals surface area contributed by atoms with Crippen LogP contribution in [0.2, 0.25) is 0 Å². The number of nitrogens with zero attached hydrogens (tertiary/aromatic N) is 3. The molecule has 5 nitrogen and oxygen atoms in total. The van der Waals surface area contributed by atoms with Crippen LogP contribution in [-0.4, -0.2) is 27.8 Å². The second-order valence-corrected chi connectivity index (χ2v) is 4.48. The summed E-state index contributed by atoms with van der Waals surface area (Å²) in [5.74, 6) is -0.343. The van der Waals surface area contributed by atoms with E-state index >= 15 is 0 Å². The van der Waals surface area contributed by atoms with Crippen LogP contribution in [0.15, 0.2) is 41.5 Å². The van der Waals surface area contributed by atoms with E-state index in [-0.39, 0.29) is 5.91 Å². The molecule has 0 unspecified atom stereocenters. The van der Waals surface area contributed by atoms with Crippen molar-refractivity contribution < 1.29 is 4.79 Å². The number of hydrogen-bond acceptors (Lipinski definition) is 3. The maximum Gasteiger partial charge on any atom is 0.276 e. The third kappa shape index (κ3) is 1.99. The van der Waals surface area contributed by atoms with Crippen LogP contribution in [0.4, 0.5) is 0 Å². The van der Waals surface area contributed by atoms with Crippen LogP contribution in [0, 0.1) is 6.92 Å². The first-order valence-electron chi connectivity index (χ1n) is 6.11. The second kappa shape index (κ2) is 4.70. The Morgan fingerprint density at radius 1 is 1.30 bits per heavy atom. The SMILES string of the molecule is C=NC(=O)c1ccc2[nH]nc(-c3ccnc(C)c3)c2c1. The number of aromatic amines is 1. The molecule has 0 fully saturated rings. The molecule has 0 spiro atoms. The number of aryl methyl sites for hydroxylation is 1. The Hall–Kier alpha value is -2.82. The maximum absolute atomic E-state index is 11.6.